The van der Waals surface area contributed by atoms with Gasteiger partial charge in [0.25, 0.3) is 0 Å². The summed E-state index contributed by atoms with van der Waals surface area (Å²) in [5, 5.41) is 0. The molecule has 0 spiro atoms. The Labute approximate surface area is 88.6 Å². The maximum atomic E-state index is 11.1. The van der Waals surface area contributed by atoms with Gasteiger partial charge in [-0.15, -0.1) is 0 Å². The molecule has 2 aromatic rings. The Bertz CT molecular complexity index is 496. The molecule has 0 aliphatic carbocycles. The van der Waals surface area contributed by atoms with Crippen LogP contribution in [0.15, 0.2) is 47.3 Å². The van der Waals surface area contributed by atoms with Crippen LogP contribution in [0.2, 0.25) is 0 Å². The van der Waals surface area contributed by atoms with Crippen molar-refractivity contribution in [3.8, 4) is 0 Å². The lowest BCUT2D eigenvalue weighted by molar-refractivity contribution is 1.04. The van der Waals surface area contributed by atoms with Gasteiger partial charge >= 0.3 is 0 Å². The number of pyridine rings is 1. The molecule has 2 rings (SSSR count). The minimum Gasteiger partial charge on any atom is -0.326 e. The van der Waals surface area contributed by atoms with Crippen molar-refractivity contribution in [1.82, 2.24) is 4.98 Å². The van der Waals surface area contributed by atoms with Gasteiger partial charge in [0.1, 0.15) is 0 Å². The summed E-state index contributed by atoms with van der Waals surface area (Å²) in [5.74, 6) is 0. The Kier molecular flexibility index (Phi) is 2.68. The molecule has 0 fully saturated rings. The van der Waals surface area contributed by atoms with E-state index in [1.165, 1.54) is 17.2 Å². The summed E-state index contributed by atoms with van der Waals surface area (Å²) in [7, 11) is 0. The molecule has 0 aliphatic heterocycles. The zero-order valence-electron chi connectivity index (χ0n) is 8.66. The van der Waals surface area contributed by atoms with Crippen molar-refractivity contribution in [1.29, 1.82) is 0 Å². The molecule has 2 heteroatoms. The van der Waals surface area contributed by atoms with Crippen LogP contribution in [0.25, 0.3) is 0 Å². The summed E-state index contributed by atoms with van der Waals surface area (Å²) in [6.07, 6.45) is 0.774. The monoisotopic (exact) mass is 199 g/mol. The van der Waals surface area contributed by atoms with Crippen LogP contribution in [-0.2, 0) is 6.42 Å². The molecule has 0 unspecified atom stereocenters. The standard InChI is InChI=1S/C13H13NO/c1-10-5-7-11(8-6-10)9-12-3-2-4-13(15)14-12/h2-8H,9H2,1H3,(H,14,15). The van der Waals surface area contributed by atoms with Crippen molar-refractivity contribution in [2.24, 2.45) is 0 Å². The van der Waals surface area contributed by atoms with E-state index in [1.807, 2.05) is 6.07 Å². The zero-order chi connectivity index (χ0) is 10.7. The Balaban J connectivity index is 2.22. The molecule has 1 aromatic carbocycles. The van der Waals surface area contributed by atoms with Crippen molar-refractivity contribution in [3.05, 3.63) is 69.6 Å². The van der Waals surface area contributed by atoms with Crippen molar-refractivity contribution in [3.63, 3.8) is 0 Å². The summed E-state index contributed by atoms with van der Waals surface area (Å²) in [4.78, 5) is 13.9. The fraction of sp³-hybridized carbons (Fsp3) is 0.154. The van der Waals surface area contributed by atoms with E-state index in [4.69, 9.17) is 0 Å². The number of H-pyrrole nitrogens is 1. The van der Waals surface area contributed by atoms with Crippen molar-refractivity contribution >= 4 is 0 Å². The maximum Gasteiger partial charge on any atom is 0.248 e. The molecule has 0 saturated carbocycles. The van der Waals surface area contributed by atoms with Crippen molar-refractivity contribution < 1.29 is 0 Å². The smallest absolute Gasteiger partial charge is 0.248 e. The van der Waals surface area contributed by atoms with Crippen LogP contribution in [-0.4, -0.2) is 4.98 Å². The lowest BCUT2D eigenvalue weighted by Crippen LogP contribution is -2.06. The van der Waals surface area contributed by atoms with Crippen molar-refractivity contribution in [2.75, 3.05) is 0 Å². The lowest BCUT2D eigenvalue weighted by Gasteiger charge is -2.01. The summed E-state index contributed by atoms with van der Waals surface area (Å²) in [6.45, 7) is 2.06. The molecule has 1 N–H and O–H groups in total. The molecule has 0 amide bonds. The van der Waals surface area contributed by atoms with Crippen LogP contribution in [0.4, 0.5) is 0 Å². The first-order valence-corrected chi connectivity index (χ1v) is 4.98. The van der Waals surface area contributed by atoms with Gasteiger partial charge in [-0.2, -0.15) is 0 Å². The van der Waals surface area contributed by atoms with Gasteiger partial charge in [-0.05, 0) is 18.6 Å². The third-order valence-corrected chi connectivity index (χ3v) is 2.34. The molecular formula is C13H13NO. The van der Waals surface area contributed by atoms with Crippen LogP contribution in [0.1, 0.15) is 16.8 Å². The highest BCUT2D eigenvalue weighted by Gasteiger charge is 1.96. The number of hydrogen-bond donors (Lipinski definition) is 1. The maximum absolute atomic E-state index is 11.1. The van der Waals surface area contributed by atoms with Crippen LogP contribution in [0.3, 0.4) is 0 Å². The van der Waals surface area contributed by atoms with E-state index in [2.05, 4.69) is 36.2 Å². The summed E-state index contributed by atoms with van der Waals surface area (Å²) >= 11 is 0. The fourth-order valence-corrected chi connectivity index (χ4v) is 1.52. The Morgan fingerprint density at radius 2 is 1.80 bits per heavy atom. The molecule has 15 heavy (non-hydrogen) atoms. The Morgan fingerprint density at radius 3 is 2.47 bits per heavy atom. The molecule has 1 heterocycles. The van der Waals surface area contributed by atoms with Crippen LogP contribution >= 0.6 is 0 Å². The summed E-state index contributed by atoms with van der Waals surface area (Å²) in [5.41, 5.74) is 3.37. The highest BCUT2D eigenvalue weighted by Crippen LogP contribution is 2.07. The summed E-state index contributed by atoms with van der Waals surface area (Å²) in [6, 6.07) is 13.6. The van der Waals surface area contributed by atoms with Gasteiger partial charge in [0.2, 0.25) is 5.56 Å². The number of benzene rings is 1. The van der Waals surface area contributed by atoms with Crippen LogP contribution in [0, 0.1) is 6.92 Å². The van der Waals surface area contributed by atoms with E-state index in [0.717, 1.165) is 12.1 Å². The predicted molar refractivity (Wildman–Crippen MR) is 61.0 cm³/mol. The van der Waals surface area contributed by atoms with Gasteiger partial charge in [-0.3, -0.25) is 4.79 Å². The second-order valence-corrected chi connectivity index (χ2v) is 3.70. The summed E-state index contributed by atoms with van der Waals surface area (Å²) < 4.78 is 0. The number of rotatable bonds is 2. The van der Waals surface area contributed by atoms with Crippen LogP contribution in [0.5, 0.6) is 0 Å². The van der Waals surface area contributed by atoms with Gasteiger partial charge in [-0.1, -0.05) is 35.9 Å². The number of hydrogen-bond acceptors (Lipinski definition) is 1. The zero-order valence-corrected chi connectivity index (χ0v) is 8.66. The van der Waals surface area contributed by atoms with Gasteiger partial charge in [-0.25, -0.2) is 0 Å². The quantitative estimate of drug-likeness (QED) is 0.790. The van der Waals surface area contributed by atoms with E-state index in [9.17, 15) is 4.79 Å². The van der Waals surface area contributed by atoms with Gasteiger partial charge in [0.15, 0.2) is 0 Å². The third-order valence-electron chi connectivity index (χ3n) is 2.34. The molecule has 76 valence electrons. The largest absolute Gasteiger partial charge is 0.326 e. The normalized spacial score (nSPS) is 10.2. The predicted octanol–water partition coefficient (Wildman–Crippen LogP) is 2.27. The Morgan fingerprint density at radius 1 is 1.07 bits per heavy atom. The van der Waals surface area contributed by atoms with E-state index >= 15 is 0 Å². The van der Waals surface area contributed by atoms with Crippen LogP contribution < -0.4 is 5.56 Å². The van der Waals surface area contributed by atoms with E-state index in [-0.39, 0.29) is 5.56 Å². The number of nitrogens with one attached hydrogen (secondary N) is 1. The third kappa shape index (κ3) is 2.56. The SMILES string of the molecule is Cc1ccc(Cc2cccc(=O)[nH]2)cc1. The minimum atomic E-state index is -0.0420. The number of aryl methyl sites for hydroxylation is 1. The molecule has 0 saturated heterocycles. The first-order valence-electron chi connectivity index (χ1n) is 4.98. The van der Waals surface area contributed by atoms with Gasteiger partial charge < -0.3 is 4.98 Å². The molecule has 1 aromatic heterocycles. The lowest BCUT2D eigenvalue weighted by atomic mass is 10.1. The second kappa shape index (κ2) is 4.13. The topological polar surface area (TPSA) is 32.9 Å². The minimum absolute atomic E-state index is 0.0420. The van der Waals surface area contributed by atoms with Crippen molar-refractivity contribution in [2.45, 2.75) is 13.3 Å². The first-order chi connectivity index (χ1) is 7.24. The van der Waals surface area contributed by atoms with Gasteiger partial charge in [0, 0.05) is 18.2 Å². The molecule has 2 nitrogen and oxygen atoms in total. The molecular weight excluding hydrogens is 186 g/mol. The van der Waals surface area contributed by atoms with E-state index in [0.29, 0.717) is 0 Å². The average molecular weight is 199 g/mol. The molecule has 0 bridgehead atoms. The fourth-order valence-electron chi connectivity index (χ4n) is 1.52. The highest BCUT2D eigenvalue weighted by molar-refractivity contribution is 5.25. The van der Waals surface area contributed by atoms with E-state index in [1.54, 1.807) is 6.07 Å². The Hall–Kier alpha value is -1.83. The molecule has 0 radical (unpaired) electrons. The first kappa shape index (κ1) is 9.71. The van der Waals surface area contributed by atoms with Gasteiger partial charge in [0.05, 0.1) is 0 Å². The number of aromatic nitrogens is 1. The van der Waals surface area contributed by atoms with E-state index < -0.39 is 0 Å². The molecule has 0 atom stereocenters. The number of aromatic amines is 1. The average Bonchev–Trinajstić information content (AvgIpc) is 2.22. The molecule has 0 aliphatic rings. The second-order valence-electron chi connectivity index (χ2n) is 3.70. The highest BCUT2D eigenvalue weighted by atomic mass is 16.1.